The van der Waals surface area contributed by atoms with Gasteiger partial charge in [0.05, 0.1) is 24.8 Å². The molecule has 0 saturated heterocycles. The molecule has 0 fully saturated rings. The highest BCUT2D eigenvalue weighted by atomic mass is 32.2. The third-order valence-corrected chi connectivity index (χ3v) is 7.01. The van der Waals surface area contributed by atoms with Crippen molar-refractivity contribution in [3.05, 3.63) is 83.9 Å². The van der Waals surface area contributed by atoms with Gasteiger partial charge >= 0.3 is 0 Å². The number of aryl methyl sites for hydroxylation is 1. The fourth-order valence-electron chi connectivity index (χ4n) is 3.33. The first-order valence-electron chi connectivity index (χ1n) is 10.4. The van der Waals surface area contributed by atoms with Gasteiger partial charge in [-0.25, -0.2) is 8.42 Å². The standard InChI is InChI=1S/C25H28N2O5S/c1-19-10-13-22(14-11-19)33(29,30)27(21-8-6-5-7-9-21)18-25(28)26(2)17-20-12-15-23(31-3)24(16-20)32-4/h5-16H,17-18H2,1-4H3. The van der Waals surface area contributed by atoms with Crippen LogP contribution in [0.15, 0.2) is 77.7 Å². The number of benzene rings is 3. The number of rotatable bonds is 9. The van der Waals surface area contributed by atoms with Crippen molar-refractivity contribution in [2.24, 2.45) is 0 Å². The number of carbonyl (C=O) groups excluding carboxylic acids is 1. The molecule has 0 atom stereocenters. The smallest absolute Gasteiger partial charge is 0.264 e. The van der Waals surface area contributed by atoms with Gasteiger partial charge in [0.15, 0.2) is 11.5 Å². The number of ether oxygens (including phenoxy) is 2. The minimum absolute atomic E-state index is 0.132. The highest BCUT2D eigenvalue weighted by Crippen LogP contribution is 2.28. The maximum Gasteiger partial charge on any atom is 0.264 e. The number of nitrogens with zero attached hydrogens (tertiary/aromatic N) is 2. The van der Waals surface area contributed by atoms with Gasteiger partial charge in [-0.1, -0.05) is 42.0 Å². The average Bonchev–Trinajstić information content (AvgIpc) is 2.82. The molecule has 0 aliphatic rings. The van der Waals surface area contributed by atoms with Crippen molar-refractivity contribution in [1.29, 1.82) is 0 Å². The van der Waals surface area contributed by atoms with E-state index in [9.17, 15) is 13.2 Å². The van der Waals surface area contributed by atoms with E-state index < -0.39 is 10.0 Å². The fourth-order valence-corrected chi connectivity index (χ4v) is 4.75. The zero-order valence-electron chi connectivity index (χ0n) is 19.2. The number of amides is 1. The van der Waals surface area contributed by atoms with E-state index in [1.54, 1.807) is 88.0 Å². The molecule has 0 aromatic heterocycles. The average molecular weight is 469 g/mol. The van der Waals surface area contributed by atoms with Crippen molar-refractivity contribution < 1.29 is 22.7 Å². The summed E-state index contributed by atoms with van der Waals surface area (Å²) < 4.78 is 38.6. The SMILES string of the molecule is COc1ccc(CN(C)C(=O)CN(c2ccccc2)S(=O)(=O)c2ccc(C)cc2)cc1OC. The molecule has 0 bridgehead atoms. The van der Waals surface area contributed by atoms with Gasteiger partial charge in [-0.05, 0) is 48.9 Å². The lowest BCUT2D eigenvalue weighted by Gasteiger charge is -2.27. The van der Waals surface area contributed by atoms with E-state index in [0.717, 1.165) is 15.4 Å². The Morgan fingerprint density at radius 1 is 0.879 bits per heavy atom. The van der Waals surface area contributed by atoms with Gasteiger partial charge in [-0.2, -0.15) is 0 Å². The molecule has 0 radical (unpaired) electrons. The van der Waals surface area contributed by atoms with Crippen molar-refractivity contribution in [1.82, 2.24) is 4.90 Å². The number of carbonyl (C=O) groups is 1. The van der Waals surface area contributed by atoms with Crippen molar-refractivity contribution in [2.45, 2.75) is 18.4 Å². The van der Waals surface area contributed by atoms with Crippen molar-refractivity contribution in [3.8, 4) is 11.5 Å². The molecule has 1 amide bonds. The summed E-state index contributed by atoms with van der Waals surface area (Å²) >= 11 is 0. The van der Waals surface area contributed by atoms with E-state index in [1.165, 1.54) is 4.90 Å². The lowest BCUT2D eigenvalue weighted by Crippen LogP contribution is -2.41. The summed E-state index contributed by atoms with van der Waals surface area (Å²) in [5.41, 5.74) is 2.20. The molecule has 0 unspecified atom stereocenters. The summed E-state index contributed by atoms with van der Waals surface area (Å²) in [4.78, 5) is 14.7. The maximum absolute atomic E-state index is 13.4. The zero-order valence-corrected chi connectivity index (χ0v) is 20.0. The molecule has 0 heterocycles. The normalized spacial score (nSPS) is 11.0. The Hall–Kier alpha value is -3.52. The number of sulfonamides is 1. The summed E-state index contributed by atoms with van der Waals surface area (Å²) in [6, 6.07) is 20.6. The van der Waals surface area contributed by atoms with Crippen LogP contribution < -0.4 is 13.8 Å². The van der Waals surface area contributed by atoms with Gasteiger partial charge in [0.1, 0.15) is 6.54 Å². The first-order chi connectivity index (χ1) is 15.8. The van der Waals surface area contributed by atoms with Gasteiger partial charge < -0.3 is 14.4 Å². The van der Waals surface area contributed by atoms with E-state index in [2.05, 4.69) is 0 Å². The van der Waals surface area contributed by atoms with Crippen LogP contribution in [0.4, 0.5) is 5.69 Å². The van der Waals surface area contributed by atoms with Gasteiger partial charge in [-0.3, -0.25) is 9.10 Å². The molecule has 33 heavy (non-hydrogen) atoms. The first-order valence-corrected chi connectivity index (χ1v) is 11.8. The summed E-state index contributed by atoms with van der Waals surface area (Å²) in [7, 11) is 0.798. The van der Waals surface area contributed by atoms with Crippen LogP contribution in [0.2, 0.25) is 0 Å². The summed E-state index contributed by atoms with van der Waals surface area (Å²) in [6.45, 7) is 1.84. The Balaban J connectivity index is 1.85. The van der Waals surface area contributed by atoms with Crippen LogP contribution in [0.3, 0.4) is 0 Å². The van der Waals surface area contributed by atoms with E-state index >= 15 is 0 Å². The Bertz CT molecular complexity index is 1200. The van der Waals surface area contributed by atoms with Crippen LogP contribution in [-0.2, 0) is 21.4 Å². The molecule has 0 saturated carbocycles. The molecular weight excluding hydrogens is 440 g/mol. The van der Waals surface area contributed by atoms with E-state index in [4.69, 9.17) is 9.47 Å². The van der Waals surface area contributed by atoms with E-state index in [1.807, 2.05) is 13.0 Å². The number of para-hydroxylation sites is 1. The zero-order chi connectivity index (χ0) is 24.0. The van der Waals surface area contributed by atoms with Crippen LogP contribution in [0.1, 0.15) is 11.1 Å². The van der Waals surface area contributed by atoms with Gasteiger partial charge in [-0.15, -0.1) is 0 Å². The maximum atomic E-state index is 13.4. The Kier molecular flexibility index (Phi) is 7.60. The van der Waals surface area contributed by atoms with Crippen LogP contribution in [0.5, 0.6) is 11.5 Å². The Morgan fingerprint density at radius 2 is 1.52 bits per heavy atom. The van der Waals surface area contributed by atoms with Crippen LogP contribution in [-0.4, -0.2) is 47.0 Å². The minimum atomic E-state index is -3.94. The van der Waals surface area contributed by atoms with Gasteiger partial charge in [0.25, 0.3) is 10.0 Å². The van der Waals surface area contributed by atoms with Gasteiger partial charge in [0.2, 0.25) is 5.91 Å². The first kappa shape index (κ1) is 24.1. The molecule has 0 aliphatic heterocycles. The summed E-state index contributed by atoms with van der Waals surface area (Å²) in [5, 5.41) is 0. The summed E-state index contributed by atoms with van der Waals surface area (Å²) in [6.07, 6.45) is 0. The monoisotopic (exact) mass is 468 g/mol. The quantitative estimate of drug-likeness (QED) is 0.477. The number of anilines is 1. The van der Waals surface area contributed by atoms with Crippen LogP contribution in [0, 0.1) is 6.92 Å². The molecule has 3 aromatic rings. The second-order valence-electron chi connectivity index (χ2n) is 7.60. The van der Waals surface area contributed by atoms with Crippen molar-refractivity contribution in [3.63, 3.8) is 0 Å². The molecule has 0 N–H and O–H groups in total. The van der Waals surface area contributed by atoms with Crippen LogP contribution in [0.25, 0.3) is 0 Å². The highest BCUT2D eigenvalue weighted by Gasteiger charge is 2.28. The number of hydrogen-bond acceptors (Lipinski definition) is 5. The van der Waals surface area contributed by atoms with E-state index in [0.29, 0.717) is 17.2 Å². The van der Waals surface area contributed by atoms with Crippen molar-refractivity contribution in [2.75, 3.05) is 32.1 Å². The molecule has 7 nitrogen and oxygen atoms in total. The molecule has 3 aromatic carbocycles. The third-order valence-electron chi connectivity index (χ3n) is 5.23. The molecular formula is C25H28N2O5S. The lowest BCUT2D eigenvalue weighted by atomic mass is 10.2. The predicted molar refractivity (Wildman–Crippen MR) is 128 cm³/mol. The second-order valence-corrected chi connectivity index (χ2v) is 9.46. The number of methoxy groups -OCH3 is 2. The predicted octanol–water partition coefficient (Wildman–Crippen LogP) is 3.87. The number of likely N-dealkylation sites (N-methyl/N-ethyl adjacent to an activating group) is 1. The van der Waals surface area contributed by atoms with Crippen molar-refractivity contribution >= 4 is 21.6 Å². The highest BCUT2D eigenvalue weighted by molar-refractivity contribution is 7.92. The van der Waals surface area contributed by atoms with E-state index in [-0.39, 0.29) is 23.9 Å². The molecule has 0 spiro atoms. The largest absolute Gasteiger partial charge is 0.493 e. The van der Waals surface area contributed by atoms with Crippen LogP contribution >= 0.6 is 0 Å². The molecule has 0 aliphatic carbocycles. The molecule has 174 valence electrons. The van der Waals surface area contributed by atoms with Gasteiger partial charge in [0, 0.05) is 13.6 Å². The lowest BCUT2D eigenvalue weighted by molar-refractivity contribution is -0.128. The third kappa shape index (κ3) is 5.64. The number of hydrogen-bond donors (Lipinski definition) is 0. The topological polar surface area (TPSA) is 76.2 Å². The Morgan fingerprint density at radius 3 is 2.12 bits per heavy atom. The minimum Gasteiger partial charge on any atom is -0.493 e. The molecule has 3 rings (SSSR count). The Labute approximate surface area is 195 Å². The fraction of sp³-hybridized carbons (Fsp3) is 0.240. The summed E-state index contributed by atoms with van der Waals surface area (Å²) in [5.74, 6) is 0.808. The second kappa shape index (κ2) is 10.4. The molecule has 8 heteroatoms.